The van der Waals surface area contributed by atoms with E-state index in [4.69, 9.17) is 0 Å². The number of para-hydroxylation sites is 1. The topological polar surface area (TPSA) is 78.0 Å². The maximum atomic E-state index is 13.3. The Balaban J connectivity index is 1.91. The molecule has 142 valence electrons. The maximum Gasteiger partial charge on any atom is 0.270 e. The van der Waals surface area contributed by atoms with E-state index >= 15 is 0 Å². The van der Waals surface area contributed by atoms with Crippen LogP contribution in [-0.4, -0.2) is 14.5 Å². The van der Waals surface area contributed by atoms with E-state index in [-0.39, 0.29) is 11.2 Å². The molecular formula is C22H14IN3O3. The predicted molar refractivity (Wildman–Crippen MR) is 122 cm³/mol. The normalized spacial score (nSPS) is 11.2. The molecule has 1 aromatic heterocycles. The van der Waals surface area contributed by atoms with Crippen molar-refractivity contribution in [2.24, 2.45) is 0 Å². The van der Waals surface area contributed by atoms with Crippen molar-refractivity contribution in [1.82, 2.24) is 9.55 Å². The van der Waals surface area contributed by atoms with Crippen LogP contribution in [0.3, 0.4) is 0 Å². The first-order valence-electron chi connectivity index (χ1n) is 8.73. The molecule has 0 spiro atoms. The maximum absolute atomic E-state index is 13.3. The van der Waals surface area contributed by atoms with Gasteiger partial charge in [0.05, 0.1) is 21.5 Å². The van der Waals surface area contributed by atoms with Crippen LogP contribution < -0.4 is 5.56 Å². The van der Waals surface area contributed by atoms with Gasteiger partial charge in [-0.05, 0) is 64.6 Å². The van der Waals surface area contributed by atoms with Gasteiger partial charge in [0.15, 0.2) is 0 Å². The Morgan fingerprint density at radius 1 is 0.966 bits per heavy atom. The minimum Gasteiger partial charge on any atom is -0.268 e. The van der Waals surface area contributed by atoms with Crippen molar-refractivity contribution in [2.75, 3.05) is 0 Å². The van der Waals surface area contributed by atoms with Crippen LogP contribution in [0.15, 0.2) is 77.6 Å². The number of nitro benzene ring substituents is 1. The summed E-state index contributed by atoms with van der Waals surface area (Å²) in [6.07, 6.45) is 3.41. The molecule has 1 heterocycles. The second-order valence-corrected chi connectivity index (χ2v) is 7.54. The van der Waals surface area contributed by atoms with Gasteiger partial charge >= 0.3 is 0 Å². The van der Waals surface area contributed by atoms with Gasteiger partial charge in [-0.25, -0.2) is 4.98 Å². The molecule has 0 aliphatic heterocycles. The molecule has 0 amide bonds. The molecule has 6 nitrogen and oxygen atoms in total. The molecule has 0 fully saturated rings. The fourth-order valence-corrected chi connectivity index (χ4v) is 3.52. The van der Waals surface area contributed by atoms with Gasteiger partial charge in [0.1, 0.15) is 5.82 Å². The number of benzene rings is 3. The van der Waals surface area contributed by atoms with Gasteiger partial charge in [-0.15, -0.1) is 0 Å². The molecule has 0 saturated carbocycles. The highest BCUT2D eigenvalue weighted by Crippen LogP contribution is 2.19. The fourth-order valence-electron chi connectivity index (χ4n) is 3.03. The Morgan fingerprint density at radius 2 is 1.76 bits per heavy atom. The van der Waals surface area contributed by atoms with Gasteiger partial charge in [0.2, 0.25) is 0 Å². The zero-order valence-corrected chi connectivity index (χ0v) is 17.2. The van der Waals surface area contributed by atoms with E-state index in [1.54, 1.807) is 28.9 Å². The number of hydrogen-bond donors (Lipinski definition) is 0. The van der Waals surface area contributed by atoms with Crippen molar-refractivity contribution in [1.29, 1.82) is 0 Å². The van der Waals surface area contributed by atoms with Crippen LogP contribution in [0.25, 0.3) is 28.7 Å². The molecule has 4 aromatic rings. The van der Waals surface area contributed by atoms with E-state index < -0.39 is 4.92 Å². The predicted octanol–water partition coefficient (Wildman–Crippen LogP) is 5.07. The third kappa shape index (κ3) is 3.95. The quantitative estimate of drug-likeness (QED) is 0.225. The molecule has 7 heteroatoms. The number of aromatic nitrogens is 2. The zero-order chi connectivity index (χ0) is 20.4. The third-order valence-electron chi connectivity index (χ3n) is 4.38. The van der Waals surface area contributed by atoms with Crippen molar-refractivity contribution >= 4 is 51.3 Å². The van der Waals surface area contributed by atoms with Gasteiger partial charge in [-0.2, -0.15) is 0 Å². The van der Waals surface area contributed by atoms with E-state index in [9.17, 15) is 14.9 Å². The van der Waals surface area contributed by atoms with E-state index in [1.165, 1.54) is 12.1 Å². The molecule has 29 heavy (non-hydrogen) atoms. The summed E-state index contributed by atoms with van der Waals surface area (Å²) in [5, 5.41) is 11.5. The van der Waals surface area contributed by atoms with Crippen LogP contribution in [0.4, 0.5) is 5.69 Å². The van der Waals surface area contributed by atoms with Crippen molar-refractivity contribution in [3.8, 4) is 5.69 Å². The number of rotatable bonds is 4. The molecule has 0 aliphatic carbocycles. The fraction of sp³-hybridized carbons (Fsp3) is 0. The average Bonchev–Trinajstić information content (AvgIpc) is 2.73. The highest BCUT2D eigenvalue weighted by atomic mass is 127. The van der Waals surface area contributed by atoms with Crippen LogP contribution in [0.2, 0.25) is 0 Å². The molecule has 4 rings (SSSR count). The molecular weight excluding hydrogens is 481 g/mol. The summed E-state index contributed by atoms with van der Waals surface area (Å²) in [7, 11) is 0. The smallest absolute Gasteiger partial charge is 0.268 e. The first kappa shape index (κ1) is 19.0. The average molecular weight is 495 g/mol. The van der Waals surface area contributed by atoms with Gasteiger partial charge in [0, 0.05) is 15.7 Å². The van der Waals surface area contributed by atoms with Gasteiger partial charge in [0.25, 0.3) is 11.2 Å². The van der Waals surface area contributed by atoms with Crippen LogP contribution in [0.1, 0.15) is 11.4 Å². The lowest BCUT2D eigenvalue weighted by Crippen LogP contribution is -2.22. The second-order valence-electron chi connectivity index (χ2n) is 6.29. The lowest BCUT2D eigenvalue weighted by molar-refractivity contribution is -0.384. The van der Waals surface area contributed by atoms with Crippen LogP contribution in [0, 0.1) is 13.7 Å². The van der Waals surface area contributed by atoms with Crippen molar-refractivity contribution in [3.05, 3.63) is 108 Å². The Labute approximate surface area is 179 Å². The molecule has 0 aliphatic rings. The third-order valence-corrected chi connectivity index (χ3v) is 5.05. The standard InChI is InChI=1S/C22H14IN3O3/c23-16-10-11-20-19(14-16)22(27)25(17-6-2-1-3-7-17)21(24-20)12-9-15-5-4-8-18(13-15)26(28)29/h1-14H. The van der Waals surface area contributed by atoms with E-state index in [2.05, 4.69) is 27.6 Å². The molecule has 0 saturated heterocycles. The number of nitrogens with zero attached hydrogens (tertiary/aromatic N) is 3. The summed E-state index contributed by atoms with van der Waals surface area (Å²) >= 11 is 2.17. The van der Waals surface area contributed by atoms with E-state index in [0.29, 0.717) is 28.0 Å². The summed E-state index contributed by atoms with van der Waals surface area (Å²) in [6.45, 7) is 0. The minimum absolute atomic E-state index is 0.00801. The Kier molecular flexibility index (Phi) is 5.22. The summed E-state index contributed by atoms with van der Waals surface area (Å²) in [5.41, 5.74) is 1.79. The Hall–Kier alpha value is -3.33. The largest absolute Gasteiger partial charge is 0.270 e. The zero-order valence-electron chi connectivity index (χ0n) is 15.0. The number of non-ortho nitro benzene ring substituents is 1. The summed E-state index contributed by atoms with van der Waals surface area (Å²) < 4.78 is 2.50. The van der Waals surface area contributed by atoms with E-state index in [1.807, 2.05) is 48.5 Å². The van der Waals surface area contributed by atoms with Crippen molar-refractivity contribution in [2.45, 2.75) is 0 Å². The number of halogens is 1. The molecule has 0 radical (unpaired) electrons. The lowest BCUT2D eigenvalue weighted by Gasteiger charge is -2.11. The molecule has 0 atom stereocenters. The first-order chi connectivity index (χ1) is 14.0. The van der Waals surface area contributed by atoms with Crippen LogP contribution >= 0.6 is 22.6 Å². The first-order valence-corrected chi connectivity index (χ1v) is 9.81. The number of nitro groups is 1. The highest BCUT2D eigenvalue weighted by molar-refractivity contribution is 14.1. The molecule has 0 unspecified atom stereocenters. The summed E-state index contributed by atoms with van der Waals surface area (Å²) in [5.74, 6) is 0.446. The monoisotopic (exact) mass is 495 g/mol. The summed E-state index contributed by atoms with van der Waals surface area (Å²) in [4.78, 5) is 28.5. The van der Waals surface area contributed by atoms with Gasteiger partial charge in [-0.3, -0.25) is 19.5 Å². The van der Waals surface area contributed by atoms with Crippen LogP contribution in [-0.2, 0) is 0 Å². The molecule has 0 bridgehead atoms. The van der Waals surface area contributed by atoms with Crippen molar-refractivity contribution < 1.29 is 4.92 Å². The lowest BCUT2D eigenvalue weighted by atomic mass is 10.2. The Bertz CT molecular complexity index is 1310. The van der Waals surface area contributed by atoms with E-state index in [0.717, 1.165) is 3.57 Å². The highest BCUT2D eigenvalue weighted by Gasteiger charge is 2.12. The number of hydrogen-bond acceptors (Lipinski definition) is 4. The minimum atomic E-state index is -0.437. The summed E-state index contributed by atoms with van der Waals surface area (Å²) in [6, 6.07) is 21.1. The van der Waals surface area contributed by atoms with Crippen LogP contribution in [0.5, 0.6) is 0 Å². The SMILES string of the molecule is O=c1c2cc(I)ccc2nc(C=Cc2cccc([N+](=O)[O-])c2)n1-c1ccccc1. The Morgan fingerprint density at radius 3 is 2.52 bits per heavy atom. The number of fused-ring (bicyclic) bond motifs is 1. The molecule has 3 aromatic carbocycles. The molecule has 0 N–H and O–H groups in total. The van der Waals surface area contributed by atoms with Gasteiger partial charge in [-0.1, -0.05) is 36.4 Å². The second kappa shape index (κ2) is 7.96. The van der Waals surface area contributed by atoms with Crippen molar-refractivity contribution in [3.63, 3.8) is 0 Å². The van der Waals surface area contributed by atoms with Gasteiger partial charge < -0.3 is 0 Å².